The molecule has 0 atom stereocenters. The molecule has 0 radical (unpaired) electrons. The van der Waals surface area contributed by atoms with E-state index in [1.165, 1.54) is 0 Å². The predicted octanol–water partition coefficient (Wildman–Crippen LogP) is 1.35. The molecule has 4 heteroatoms. The Morgan fingerprint density at radius 2 is 2.20 bits per heavy atom. The van der Waals surface area contributed by atoms with Gasteiger partial charge in [-0.05, 0) is 13.0 Å². The molecule has 0 aliphatic rings. The second-order valence-corrected chi connectivity index (χ2v) is 3.50. The van der Waals surface area contributed by atoms with Crippen LogP contribution in [0.5, 0.6) is 0 Å². The van der Waals surface area contributed by atoms with Crippen molar-refractivity contribution in [1.82, 2.24) is 0 Å². The fraction of sp³-hybridized carbons (Fsp3) is 0.182. The Kier molecular flexibility index (Phi) is 2.11. The quantitative estimate of drug-likeness (QED) is 0.724. The highest BCUT2D eigenvalue weighted by molar-refractivity contribution is 5.93. The van der Waals surface area contributed by atoms with E-state index in [0.29, 0.717) is 17.0 Å². The summed E-state index contributed by atoms with van der Waals surface area (Å²) in [4.78, 5) is 10.9. The third kappa shape index (κ3) is 1.54. The minimum absolute atomic E-state index is 0.183. The van der Waals surface area contributed by atoms with Gasteiger partial charge in [0, 0.05) is 10.9 Å². The second-order valence-electron chi connectivity index (χ2n) is 3.50. The summed E-state index contributed by atoms with van der Waals surface area (Å²) in [6.07, 6.45) is 0.183. The van der Waals surface area contributed by atoms with Crippen molar-refractivity contribution in [3.63, 3.8) is 0 Å². The number of primary amides is 1. The van der Waals surface area contributed by atoms with Gasteiger partial charge in [0.05, 0.1) is 12.1 Å². The number of anilines is 1. The van der Waals surface area contributed by atoms with Crippen molar-refractivity contribution in [2.24, 2.45) is 5.73 Å². The van der Waals surface area contributed by atoms with Crippen LogP contribution in [-0.2, 0) is 11.2 Å². The Morgan fingerprint density at radius 1 is 1.47 bits per heavy atom. The standard InChI is InChI=1S/C11H12N2O2/c1-6-8(5-10(13)14)7-3-2-4-9(12)11(7)15-6/h2-4H,5,12H2,1H3,(H2,13,14). The van der Waals surface area contributed by atoms with Crippen LogP contribution in [0.25, 0.3) is 11.0 Å². The van der Waals surface area contributed by atoms with Gasteiger partial charge in [-0.2, -0.15) is 0 Å². The number of hydrogen-bond donors (Lipinski definition) is 2. The topological polar surface area (TPSA) is 82.2 Å². The van der Waals surface area contributed by atoms with Crippen LogP contribution >= 0.6 is 0 Å². The number of rotatable bonds is 2. The zero-order valence-electron chi connectivity index (χ0n) is 8.41. The first kappa shape index (κ1) is 9.58. The van der Waals surface area contributed by atoms with E-state index >= 15 is 0 Å². The number of hydrogen-bond acceptors (Lipinski definition) is 3. The monoisotopic (exact) mass is 204 g/mol. The normalized spacial score (nSPS) is 10.7. The molecule has 4 nitrogen and oxygen atoms in total. The van der Waals surface area contributed by atoms with Crippen LogP contribution in [0.3, 0.4) is 0 Å². The maximum atomic E-state index is 10.9. The molecule has 1 heterocycles. The molecule has 0 aliphatic carbocycles. The predicted molar refractivity (Wildman–Crippen MR) is 58.3 cm³/mol. The van der Waals surface area contributed by atoms with Crippen molar-refractivity contribution in [2.45, 2.75) is 13.3 Å². The largest absolute Gasteiger partial charge is 0.459 e. The van der Waals surface area contributed by atoms with Crippen molar-refractivity contribution in [2.75, 3.05) is 5.73 Å². The molecule has 2 rings (SSSR count). The average Bonchev–Trinajstić information content (AvgIpc) is 2.45. The van der Waals surface area contributed by atoms with E-state index in [9.17, 15) is 4.79 Å². The van der Waals surface area contributed by atoms with Gasteiger partial charge in [-0.1, -0.05) is 12.1 Å². The number of amides is 1. The lowest BCUT2D eigenvalue weighted by Gasteiger charge is -1.96. The number of aryl methyl sites for hydroxylation is 1. The van der Waals surface area contributed by atoms with Crippen LogP contribution in [0.1, 0.15) is 11.3 Å². The summed E-state index contributed by atoms with van der Waals surface area (Å²) in [6.45, 7) is 1.80. The van der Waals surface area contributed by atoms with E-state index in [-0.39, 0.29) is 12.3 Å². The fourth-order valence-corrected chi connectivity index (χ4v) is 1.70. The van der Waals surface area contributed by atoms with Crippen LogP contribution in [0.15, 0.2) is 22.6 Å². The molecule has 0 fully saturated rings. The summed E-state index contributed by atoms with van der Waals surface area (Å²) >= 11 is 0. The van der Waals surface area contributed by atoms with Crippen LogP contribution in [0.4, 0.5) is 5.69 Å². The third-order valence-electron chi connectivity index (χ3n) is 2.40. The summed E-state index contributed by atoms with van der Waals surface area (Å²) in [5.41, 5.74) is 13.0. The number of nitrogens with two attached hydrogens (primary N) is 2. The van der Waals surface area contributed by atoms with Crippen molar-refractivity contribution in [1.29, 1.82) is 0 Å². The molecule has 78 valence electrons. The van der Waals surface area contributed by atoms with Gasteiger partial charge >= 0.3 is 0 Å². The lowest BCUT2D eigenvalue weighted by atomic mass is 10.1. The molecule has 4 N–H and O–H groups in total. The van der Waals surface area contributed by atoms with Gasteiger partial charge in [-0.15, -0.1) is 0 Å². The molecule has 0 saturated heterocycles. The Balaban J connectivity index is 2.68. The van der Waals surface area contributed by atoms with Crippen molar-refractivity contribution >= 4 is 22.6 Å². The van der Waals surface area contributed by atoms with Crippen molar-refractivity contribution in [3.05, 3.63) is 29.5 Å². The minimum Gasteiger partial charge on any atom is -0.459 e. The number of nitrogen functional groups attached to an aromatic ring is 1. The zero-order chi connectivity index (χ0) is 11.0. The highest BCUT2D eigenvalue weighted by Gasteiger charge is 2.13. The van der Waals surface area contributed by atoms with E-state index in [0.717, 1.165) is 10.9 Å². The van der Waals surface area contributed by atoms with Crippen LogP contribution in [0.2, 0.25) is 0 Å². The smallest absolute Gasteiger partial charge is 0.221 e. The molecule has 15 heavy (non-hydrogen) atoms. The Hall–Kier alpha value is -1.97. The first-order valence-electron chi connectivity index (χ1n) is 4.64. The first-order chi connectivity index (χ1) is 7.09. The van der Waals surface area contributed by atoms with Crippen LogP contribution < -0.4 is 11.5 Å². The van der Waals surface area contributed by atoms with Gasteiger partial charge in [0.15, 0.2) is 5.58 Å². The van der Waals surface area contributed by atoms with Gasteiger partial charge in [-0.25, -0.2) is 0 Å². The van der Waals surface area contributed by atoms with Crippen LogP contribution in [0, 0.1) is 6.92 Å². The number of benzene rings is 1. The van der Waals surface area contributed by atoms with Gasteiger partial charge in [-0.3, -0.25) is 4.79 Å². The number of fused-ring (bicyclic) bond motifs is 1. The maximum absolute atomic E-state index is 10.9. The Bertz CT molecular complexity index is 529. The van der Waals surface area contributed by atoms with E-state index < -0.39 is 0 Å². The van der Waals surface area contributed by atoms with Gasteiger partial charge in [0.1, 0.15) is 5.76 Å². The van der Waals surface area contributed by atoms with Gasteiger partial charge < -0.3 is 15.9 Å². The summed E-state index contributed by atoms with van der Waals surface area (Å²) in [5, 5.41) is 0.867. The minimum atomic E-state index is -0.372. The molecule has 0 saturated carbocycles. The molecule has 1 amide bonds. The highest BCUT2D eigenvalue weighted by atomic mass is 16.3. The lowest BCUT2D eigenvalue weighted by Crippen LogP contribution is -2.13. The number of carbonyl (C=O) groups is 1. The van der Waals surface area contributed by atoms with Crippen molar-refractivity contribution < 1.29 is 9.21 Å². The lowest BCUT2D eigenvalue weighted by molar-refractivity contribution is -0.117. The van der Waals surface area contributed by atoms with Gasteiger partial charge in [0.25, 0.3) is 0 Å². The Morgan fingerprint density at radius 3 is 2.87 bits per heavy atom. The number of carbonyl (C=O) groups excluding carboxylic acids is 1. The first-order valence-corrected chi connectivity index (χ1v) is 4.64. The summed E-state index contributed by atoms with van der Waals surface area (Å²) in [6, 6.07) is 5.47. The number of furan rings is 1. The summed E-state index contributed by atoms with van der Waals surface area (Å²) in [5.74, 6) is 0.324. The van der Waals surface area contributed by atoms with E-state index in [2.05, 4.69) is 0 Å². The molecule has 1 aromatic carbocycles. The molecule has 0 bridgehead atoms. The third-order valence-corrected chi connectivity index (χ3v) is 2.40. The van der Waals surface area contributed by atoms with Crippen molar-refractivity contribution in [3.8, 4) is 0 Å². The molecule has 0 unspecified atom stereocenters. The zero-order valence-corrected chi connectivity index (χ0v) is 8.41. The number of para-hydroxylation sites is 1. The highest BCUT2D eigenvalue weighted by Crippen LogP contribution is 2.29. The van der Waals surface area contributed by atoms with E-state index in [4.69, 9.17) is 15.9 Å². The molecule has 2 aromatic rings. The maximum Gasteiger partial charge on any atom is 0.221 e. The van der Waals surface area contributed by atoms with E-state index in [1.54, 1.807) is 13.0 Å². The molecule has 1 aromatic heterocycles. The SMILES string of the molecule is Cc1oc2c(N)cccc2c1CC(N)=O. The average molecular weight is 204 g/mol. The molecular weight excluding hydrogens is 192 g/mol. The summed E-state index contributed by atoms with van der Waals surface area (Å²) in [7, 11) is 0. The molecule has 0 aliphatic heterocycles. The van der Waals surface area contributed by atoms with E-state index in [1.807, 2.05) is 12.1 Å². The fourth-order valence-electron chi connectivity index (χ4n) is 1.70. The van der Waals surface area contributed by atoms with Gasteiger partial charge in [0.2, 0.25) is 5.91 Å². The Labute approximate surface area is 86.8 Å². The second kappa shape index (κ2) is 3.31. The molecule has 0 spiro atoms. The van der Waals surface area contributed by atoms with Crippen LogP contribution in [-0.4, -0.2) is 5.91 Å². The summed E-state index contributed by atoms with van der Waals surface area (Å²) < 4.78 is 5.50. The molecular formula is C11H12N2O2.